The van der Waals surface area contributed by atoms with Crippen molar-refractivity contribution in [3.8, 4) is 0 Å². The van der Waals surface area contributed by atoms with Gasteiger partial charge in [0.25, 0.3) is 0 Å². The predicted molar refractivity (Wildman–Crippen MR) is 80.5 cm³/mol. The first kappa shape index (κ1) is 15.1. The van der Waals surface area contributed by atoms with E-state index in [4.69, 9.17) is 5.11 Å². The van der Waals surface area contributed by atoms with Gasteiger partial charge in [-0.3, -0.25) is 9.10 Å². The lowest BCUT2D eigenvalue weighted by atomic mass is 10.2. The van der Waals surface area contributed by atoms with E-state index in [9.17, 15) is 13.2 Å². The summed E-state index contributed by atoms with van der Waals surface area (Å²) in [6.07, 6.45) is 0. The molecule has 0 bridgehead atoms. The number of carboxylic acid groups (broad SMARTS) is 1. The Morgan fingerprint density at radius 3 is 2.00 bits per heavy atom. The van der Waals surface area contributed by atoms with Crippen molar-refractivity contribution in [2.24, 2.45) is 0 Å². The van der Waals surface area contributed by atoms with E-state index in [0.29, 0.717) is 11.3 Å². The molecule has 6 heteroatoms. The fourth-order valence-electron chi connectivity index (χ4n) is 1.93. The van der Waals surface area contributed by atoms with Gasteiger partial charge in [-0.25, -0.2) is 8.42 Å². The maximum Gasteiger partial charge on any atom is 0.324 e. The molecule has 0 amide bonds. The zero-order valence-corrected chi connectivity index (χ0v) is 12.0. The van der Waals surface area contributed by atoms with E-state index in [-0.39, 0.29) is 5.75 Å². The average molecular weight is 305 g/mol. The zero-order valence-electron chi connectivity index (χ0n) is 11.2. The quantitative estimate of drug-likeness (QED) is 0.887. The number of rotatable bonds is 6. The van der Waals surface area contributed by atoms with Gasteiger partial charge in [0.1, 0.15) is 6.54 Å². The standard InChI is InChI=1S/C15H15NO4S/c17-15(18)11-16(14-9-5-2-6-10-14)21(19,20)12-13-7-3-1-4-8-13/h1-10H,11-12H2,(H,17,18). The van der Waals surface area contributed by atoms with Gasteiger partial charge < -0.3 is 5.11 Å². The highest BCUT2D eigenvalue weighted by Gasteiger charge is 2.25. The summed E-state index contributed by atoms with van der Waals surface area (Å²) in [5.74, 6) is -1.44. The Hall–Kier alpha value is -2.34. The van der Waals surface area contributed by atoms with Crippen LogP contribution in [0.3, 0.4) is 0 Å². The molecule has 0 aromatic heterocycles. The third kappa shape index (κ3) is 4.06. The van der Waals surface area contributed by atoms with Crippen LogP contribution in [0.2, 0.25) is 0 Å². The molecule has 2 aromatic rings. The number of aliphatic carboxylic acids is 1. The van der Waals surface area contributed by atoms with Crippen LogP contribution in [0, 0.1) is 0 Å². The van der Waals surface area contributed by atoms with Crippen LogP contribution in [0.25, 0.3) is 0 Å². The van der Waals surface area contributed by atoms with Crippen LogP contribution in [0.4, 0.5) is 5.69 Å². The maximum atomic E-state index is 12.5. The van der Waals surface area contributed by atoms with E-state index in [1.54, 1.807) is 60.7 Å². The summed E-state index contributed by atoms with van der Waals surface area (Å²) in [7, 11) is -3.77. The first-order valence-electron chi connectivity index (χ1n) is 6.30. The highest BCUT2D eigenvalue weighted by molar-refractivity contribution is 7.92. The Balaban J connectivity index is 2.33. The van der Waals surface area contributed by atoms with Gasteiger partial charge in [0.2, 0.25) is 10.0 Å². The fraction of sp³-hybridized carbons (Fsp3) is 0.133. The normalized spacial score (nSPS) is 11.0. The number of nitrogens with zero attached hydrogens (tertiary/aromatic N) is 1. The van der Waals surface area contributed by atoms with Crippen molar-refractivity contribution in [1.29, 1.82) is 0 Å². The SMILES string of the molecule is O=C(O)CN(c1ccccc1)S(=O)(=O)Cc1ccccc1. The van der Waals surface area contributed by atoms with Gasteiger partial charge >= 0.3 is 5.97 Å². The summed E-state index contributed by atoms with van der Waals surface area (Å²) in [6.45, 7) is -0.598. The van der Waals surface area contributed by atoms with Crippen LogP contribution < -0.4 is 4.31 Å². The second-order valence-corrected chi connectivity index (χ2v) is 6.37. The van der Waals surface area contributed by atoms with Crippen molar-refractivity contribution >= 4 is 21.7 Å². The van der Waals surface area contributed by atoms with Gasteiger partial charge in [-0.2, -0.15) is 0 Å². The smallest absolute Gasteiger partial charge is 0.324 e. The molecular weight excluding hydrogens is 290 g/mol. The number of anilines is 1. The summed E-state index contributed by atoms with van der Waals surface area (Å²) in [4.78, 5) is 11.0. The number of para-hydroxylation sites is 1. The van der Waals surface area contributed by atoms with Gasteiger partial charge in [-0.15, -0.1) is 0 Å². The molecule has 21 heavy (non-hydrogen) atoms. The Bertz CT molecular complexity index is 699. The van der Waals surface area contributed by atoms with Crippen molar-refractivity contribution in [2.45, 2.75) is 5.75 Å². The molecule has 2 aromatic carbocycles. The summed E-state index contributed by atoms with van der Waals surface area (Å²) in [5.41, 5.74) is 0.958. The van der Waals surface area contributed by atoms with Crippen molar-refractivity contribution in [3.05, 3.63) is 66.2 Å². The molecule has 0 aliphatic rings. The van der Waals surface area contributed by atoms with E-state index in [1.807, 2.05) is 0 Å². The monoisotopic (exact) mass is 305 g/mol. The molecule has 0 saturated heterocycles. The molecule has 2 rings (SSSR count). The van der Waals surface area contributed by atoms with E-state index in [2.05, 4.69) is 0 Å². The molecule has 0 heterocycles. The molecule has 0 atom stereocenters. The van der Waals surface area contributed by atoms with Gasteiger partial charge in [-0.05, 0) is 17.7 Å². The van der Waals surface area contributed by atoms with Crippen LogP contribution in [0.5, 0.6) is 0 Å². The maximum absolute atomic E-state index is 12.5. The number of benzene rings is 2. The fourth-order valence-corrected chi connectivity index (χ4v) is 3.45. The summed E-state index contributed by atoms with van der Waals surface area (Å²) < 4.78 is 25.9. The molecule has 110 valence electrons. The van der Waals surface area contributed by atoms with Gasteiger partial charge in [0.05, 0.1) is 11.4 Å². The number of hydrogen-bond donors (Lipinski definition) is 1. The summed E-state index contributed by atoms with van der Waals surface area (Å²) in [5, 5.41) is 8.97. The van der Waals surface area contributed by atoms with E-state index in [1.165, 1.54) is 0 Å². The largest absolute Gasteiger partial charge is 0.480 e. The van der Waals surface area contributed by atoms with Crippen molar-refractivity contribution < 1.29 is 18.3 Å². The van der Waals surface area contributed by atoms with Crippen LogP contribution in [0.1, 0.15) is 5.56 Å². The Morgan fingerprint density at radius 2 is 1.48 bits per heavy atom. The number of carboxylic acids is 1. The van der Waals surface area contributed by atoms with Crippen molar-refractivity contribution in [2.75, 3.05) is 10.8 Å². The molecule has 0 spiro atoms. The minimum atomic E-state index is -3.77. The first-order valence-corrected chi connectivity index (χ1v) is 7.91. The molecular formula is C15H15NO4S. The van der Waals surface area contributed by atoms with Gasteiger partial charge in [0, 0.05) is 0 Å². The second-order valence-electron chi connectivity index (χ2n) is 4.48. The van der Waals surface area contributed by atoms with Crippen molar-refractivity contribution in [1.82, 2.24) is 0 Å². The Morgan fingerprint density at radius 1 is 0.952 bits per heavy atom. The van der Waals surface area contributed by atoms with Crippen LogP contribution in [-0.4, -0.2) is 26.0 Å². The third-order valence-electron chi connectivity index (χ3n) is 2.85. The van der Waals surface area contributed by atoms with Crippen LogP contribution in [-0.2, 0) is 20.6 Å². The zero-order chi connectivity index (χ0) is 15.3. The minimum absolute atomic E-state index is 0.240. The first-order chi connectivity index (χ1) is 9.99. The highest BCUT2D eigenvalue weighted by Crippen LogP contribution is 2.20. The molecule has 0 unspecified atom stereocenters. The van der Waals surface area contributed by atoms with Crippen LogP contribution in [0.15, 0.2) is 60.7 Å². The van der Waals surface area contributed by atoms with Crippen molar-refractivity contribution in [3.63, 3.8) is 0 Å². The number of hydrogen-bond acceptors (Lipinski definition) is 3. The average Bonchev–Trinajstić information content (AvgIpc) is 2.46. The Labute approximate surface area is 123 Å². The van der Waals surface area contributed by atoms with Crippen LogP contribution >= 0.6 is 0 Å². The predicted octanol–water partition coefficient (Wildman–Crippen LogP) is 2.11. The number of carbonyl (C=O) groups is 1. The lowest BCUT2D eigenvalue weighted by Crippen LogP contribution is -2.36. The van der Waals surface area contributed by atoms with Gasteiger partial charge in [-0.1, -0.05) is 48.5 Å². The van der Waals surface area contributed by atoms with E-state index >= 15 is 0 Å². The molecule has 0 fully saturated rings. The minimum Gasteiger partial charge on any atom is -0.480 e. The highest BCUT2D eigenvalue weighted by atomic mass is 32.2. The molecule has 0 saturated carbocycles. The molecule has 0 aliphatic heterocycles. The molecule has 5 nitrogen and oxygen atoms in total. The summed E-state index contributed by atoms with van der Waals surface area (Å²) in [6, 6.07) is 16.9. The lowest BCUT2D eigenvalue weighted by molar-refractivity contribution is -0.135. The van der Waals surface area contributed by atoms with Gasteiger partial charge in [0.15, 0.2) is 0 Å². The van der Waals surface area contributed by atoms with E-state index < -0.39 is 22.5 Å². The molecule has 1 N–H and O–H groups in total. The molecule has 0 radical (unpaired) electrons. The second kappa shape index (κ2) is 6.41. The molecule has 0 aliphatic carbocycles. The summed E-state index contributed by atoms with van der Waals surface area (Å²) >= 11 is 0. The Kier molecular flexibility index (Phi) is 4.59. The lowest BCUT2D eigenvalue weighted by Gasteiger charge is -2.22. The third-order valence-corrected chi connectivity index (χ3v) is 4.56. The van der Waals surface area contributed by atoms with E-state index in [0.717, 1.165) is 4.31 Å². The number of sulfonamides is 1. The topological polar surface area (TPSA) is 74.7 Å².